The molecule has 0 aliphatic carbocycles. The molecule has 0 aromatic heterocycles. The number of nitrogens with two attached hydrogens (primary N) is 1. The molecule has 4 aromatic rings. The van der Waals surface area contributed by atoms with Gasteiger partial charge >= 0.3 is 0 Å². The van der Waals surface area contributed by atoms with Crippen molar-refractivity contribution in [2.75, 3.05) is 12.8 Å². The zero-order chi connectivity index (χ0) is 31.4. The lowest BCUT2D eigenvalue weighted by Gasteiger charge is -2.24. The lowest BCUT2D eigenvalue weighted by Crippen LogP contribution is -2.27. The second-order valence-electron chi connectivity index (χ2n) is 10.6. The van der Waals surface area contributed by atoms with Crippen LogP contribution in [0.4, 0.5) is 5.69 Å². The van der Waals surface area contributed by atoms with Gasteiger partial charge in [-0.05, 0) is 73.4 Å². The van der Waals surface area contributed by atoms with E-state index >= 15 is 0 Å². The molecule has 0 atom stereocenters. The first-order valence-corrected chi connectivity index (χ1v) is 16.0. The Morgan fingerprint density at radius 3 is 1.81 bits per heavy atom. The van der Waals surface area contributed by atoms with Crippen LogP contribution in [0.3, 0.4) is 0 Å². The number of anilines is 1. The van der Waals surface area contributed by atoms with E-state index in [1.54, 1.807) is 43.9 Å². The highest BCUT2D eigenvalue weighted by molar-refractivity contribution is 7.86. The minimum absolute atomic E-state index is 0.0208. The highest BCUT2D eigenvalue weighted by atomic mass is 32.2. The maximum atomic E-state index is 14.4. The summed E-state index contributed by atoms with van der Waals surface area (Å²) >= 11 is 0. The SMILES string of the molecule is COc1c(C)c(-c2cc(C)ccc2S(=O)(=O)O)cc(-c2cc(C)ccc2S(=O)(=O)O)c1C(=O)N1Cc2ccc(N)cc2C1. The van der Waals surface area contributed by atoms with Gasteiger partial charge in [0.05, 0.1) is 12.7 Å². The van der Waals surface area contributed by atoms with Gasteiger partial charge in [0, 0.05) is 35.5 Å². The lowest BCUT2D eigenvalue weighted by atomic mass is 9.88. The molecular formula is C31H30N2O8S2. The van der Waals surface area contributed by atoms with Crippen molar-refractivity contribution in [3.05, 3.63) is 94.0 Å². The van der Waals surface area contributed by atoms with Crippen molar-refractivity contribution in [1.29, 1.82) is 0 Å². The highest BCUT2D eigenvalue weighted by Gasteiger charge is 2.33. The number of carbonyl (C=O) groups excluding carboxylic acids is 1. The summed E-state index contributed by atoms with van der Waals surface area (Å²) in [6, 6.07) is 15.5. The lowest BCUT2D eigenvalue weighted by molar-refractivity contribution is 0.0748. The van der Waals surface area contributed by atoms with Crippen LogP contribution in [-0.4, -0.2) is 43.9 Å². The average Bonchev–Trinajstić information content (AvgIpc) is 3.34. The fraction of sp³-hybridized carbons (Fsp3) is 0.194. The number of nitrogens with zero attached hydrogens (tertiary/aromatic N) is 1. The van der Waals surface area contributed by atoms with Gasteiger partial charge in [-0.2, -0.15) is 16.8 Å². The quantitative estimate of drug-likeness (QED) is 0.194. The summed E-state index contributed by atoms with van der Waals surface area (Å²) in [4.78, 5) is 15.1. The Morgan fingerprint density at radius 2 is 1.28 bits per heavy atom. The molecule has 1 aliphatic heterocycles. The Morgan fingerprint density at radius 1 is 0.744 bits per heavy atom. The second-order valence-corrected chi connectivity index (χ2v) is 13.4. The summed E-state index contributed by atoms with van der Waals surface area (Å²) in [7, 11) is -8.10. The number of hydrogen-bond donors (Lipinski definition) is 3. The second kappa shape index (κ2) is 10.8. The minimum Gasteiger partial charge on any atom is -0.496 e. The Labute approximate surface area is 250 Å². The van der Waals surface area contributed by atoms with Crippen molar-refractivity contribution >= 4 is 31.8 Å². The fourth-order valence-corrected chi connectivity index (χ4v) is 6.96. The largest absolute Gasteiger partial charge is 0.496 e. The van der Waals surface area contributed by atoms with Crippen LogP contribution >= 0.6 is 0 Å². The summed E-state index contributed by atoms with van der Waals surface area (Å²) in [6.45, 7) is 5.62. The van der Waals surface area contributed by atoms with Crippen LogP contribution in [0.15, 0.2) is 70.5 Å². The van der Waals surface area contributed by atoms with Gasteiger partial charge in [-0.3, -0.25) is 13.9 Å². The van der Waals surface area contributed by atoms with Gasteiger partial charge in [-0.15, -0.1) is 0 Å². The van der Waals surface area contributed by atoms with Crippen LogP contribution in [0, 0.1) is 20.8 Å². The number of nitrogen functional groups attached to an aromatic ring is 1. The molecule has 10 nitrogen and oxygen atoms in total. The van der Waals surface area contributed by atoms with Crippen molar-refractivity contribution in [2.45, 2.75) is 43.7 Å². The van der Waals surface area contributed by atoms with E-state index in [1.807, 2.05) is 6.07 Å². The van der Waals surface area contributed by atoms with Gasteiger partial charge in [0.2, 0.25) is 0 Å². The smallest absolute Gasteiger partial charge is 0.295 e. The van der Waals surface area contributed by atoms with E-state index in [-0.39, 0.29) is 51.6 Å². The molecule has 0 unspecified atom stereocenters. The minimum atomic E-state index is -4.77. The Balaban J connectivity index is 1.86. The number of methoxy groups -OCH3 is 1. The zero-order valence-electron chi connectivity index (χ0n) is 23.9. The molecule has 0 bridgehead atoms. The zero-order valence-corrected chi connectivity index (χ0v) is 25.5. The third kappa shape index (κ3) is 5.62. The number of amides is 1. The highest BCUT2D eigenvalue weighted by Crippen LogP contribution is 2.45. The molecular weight excluding hydrogens is 592 g/mol. The molecule has 1 aliphatic rings. The van der Waals surface area contributed by atoms with Gasteiger partial charge in [0.25, 0.3) is 26.1 Å². The summed E-state index contributed by atoms with van der Waals surface area (Å²) in [5.74, 6) is -0.392. The number of rotatable bonds is 6. The number of aryl methyl sites for hydroxylation is 2. The molecule has 0 fully saturated rings. The molecule has 4 N–H and O–H groups in total. The topological polar surface area (TPSA) is 164 Å². The third-order valence-corrected chi connectivity index (χ3v) is 9.42. The average molecular weight is 623 g/mol. The van der Waals surface area contributed by atoms with Gasteiger partial charge in [0.15, 0.2) is 0 Å². The molecule has 0 saturated carbocycles. The number of hydrogen-bond acceptors (Lipinski definition) is 7. The third-order valence-electron chi connectivity index (χ3n) is 7.59. The Hall–Kier alpha value is -4.23. The molecule has 1 heterocycles. The van der Waals surface area contributed by atoms with Crippen molar-refractivity contribution in [1.82, 2.24) is 4.90 Å². The Bertz CT molecular complexity index is 2040. The monoisotopic (exact) mass is 622 g/mol. The van der Waals surface area contributed by atoms with Crippen LogP contribution in [0.1, 0.15) is 38.2 Å². The van der Waals surface area contributed by atoms with Crippen LogP contribution in [0.25, 0.3) is 22.3 Å². The van der Waals surface area contributed by atoms with Crippen molar-refractivity contribution in [3.8, 4) is 28.0 Å². The fourth-order valence-electron chi connectivity index (χ4n) is 5.59. The van der Waals surface area contributed by atoms with Crippen LogP contribution in [-0.2, 0) is 33.3 Å². The van der Waals surface area contributed by atoms with Gasteiger partial charge < -0.3 is 15.4 Å². The van der Waals surface area contributed by atoms with Crippen molar-refractivity contribution in [3.63, 3.8) is 0 Å². The summed E-state index contributed by atoms with van der Waals surface area (Å²) in [6.07, 6.45) is 0. The number of benzene rings is 4. The van der Waals surface area contributed by atoms with Crippen molar-refractivity contribution in [2.24, 2.45) is 0 Å². The molecule has 224 valence electrons. The van der Waals surface area contributed by atoms with Crippen LogP contribution in [0.2, 0.25) is 0 Å². The molecule has 43 heavy (non-hydrogen) atoms. The van der Waals surface area contributed by atoms with E-state index in [9.17, 15) is 30.7 Å². The molecule has 4 aromatic carbocycles. The first-order valence-electron chi connectivity index (χ1n) is 13.1. The number of fused-ring (bicyclic) bond motifs is 1. The van der Waals surface area contributed by atoms with E-state index in [0.29, 0.717) is 22.4 Å². The van der Waals surface area contributed by atoms with E-state index < -0.39 is 31.0 Å². The molecule has 0 saturated heterocycles. The predicted octanol–water partition coefficient (Wildman–Crippen LogP) is 5.19. The standard InChI is InChI=1S/C31H30N2O8S2/c1-17-5-9-27(42(35,36)37)24(11-17)23-14-26(25-12-18(2)6-10-28(25)43(38,39)40)29(30(41-4)19(23)3)31(34)33-15-20-7-8-22(32)13-21(20)16-33/h5-14H,15-16,32H2,1-4H3,(H,35,36,37)(H,38,39,40). The maximum Gasteiger partial charge on any atom is 0.295 e. The number of ether oxygens (including phenoxy) is 1. The van der Waals surface area contributed by atoms with Crippen molar-refractivity contribution < 1.29 is 35.5 Å². The van der Waals surface area contributed by atoms with Gasteiger partial charge in [-0.1, -0.05) is 41.5 Å². The number of carbonyl (C=O) groups is 1. The first kappa shape index (κ1) is 30.2. The molecule has 0 radical (unpaired) electrons. The van der Waals surface area contributed by atoms with Gasteiger partial charge in [0.1, 0.15) is 15.5 Å². The summed E-state index contributed by atoms with van der Waals surface area (Å²) in [5, 5.41) is 0. The maximum absolute atomic E-state index is 14.4. The van der Waals surface area contributed by atoms with Crippen LogP contribution < -0.4 is 10.5 Å². The molecule has 5 rings (SSSR count). The summed E-state index contributed by atoms with van der Waals surface area (Å²) in [5.41, 5.74) is 10.5. The van der Waals surface area contributed by atoms with E-state index in [1.165, 1.54) is 43.5 Å². The first-order chi connectivity index (χ1) is 20.1. The van der Waals surface area contributed by atoms with E-state index in [0.717, 1.165) is 11.1 Å². The van der Waals surface area contributed by atoms with Crippen LogP contribution in [0.5, 0.6) is 5.75 Å². The Kier molecular flexibility index (Phi) is 7.59. The van der Waals surface area contributed by atoms with E-state index in [2.05, 4.69) is 0 Å². The predicted molar refractivity (Wildman–Crippen MR) is 162 cm³/mol. The van der Waals surface area contributed by atoms with Gasteiger partial charge in [-0.25, -0.2) is 0 Å². The molecule has 1 amide bonds. The van der Waals surface area contributed by atoms with E-state index in [4.69, 9.17) is 10.5 Å². The molecule has 0 spiro atoms. The normalized spacial score (nSPS) is 13.2. The summed E-state index contributed by atoms with van der Waals surface area (Å²) < 4.78 is 76.0. The molecule has 12 heteroatoms.